The SMILES string of the molecule is CN(CCOc1ccccc1)Cc1nc2ccc(Cl)cc2n1CCO. The first-order valence-electron chi connectivity index (χ1n) is 8.29. The highest BCUT2D eigenvalue weighted by Crippen LogP contribution is 2.21. The molecule has 0 atom stereocenters. The minimum Gasteiger partial charge on any atom is -0.492 e. The van der Waals surface area contributed by atoms with Gasteiger partial charge in [0.2, 0.25) is 0 Å². The molecule has 1 N–H and O–H groups in total. The van der Waals surface area contributed by atoms with E-state index in [-0.39, 0.29) is 6.61 Å². The van der Waals surface area contributed by atoms with Gasteiger partial charge in [-0.25, -0.2) is 4.98 Å². The summed E-state index contributed by atoms with van der Waals surface area (Å²) in [5, 5.41) is 10.0. The van der Waals surface area contributed by atoms with E-state index in [2.05, 4.69) is 9.88 Å². The molecule has 0 aliphatic carbocycles. The quantitative estimate of drug-likeness (QED) is 0.671. The summed E-state index contributed by atoms with van der Waals surface area (Å²) in [6.45, 7) is 2.61. The van der Waals surface area contributed by atoms with Gasteiger partial charge in [0.15, 0.2) is 0 Å². The summed E-state index contributed by atoms with van der Waals surface area (Å²) < 4.78 is 7.76. The molecule has 0 spiro atoms. The Morgan fingerprint density at radius 3 is 2.76 bits per heavy atom. The molecule has 0 saturated carbocycles. The Kier molecular flexibility index (Phi) is 5.91. The fourth-order valence-electron chi connectivity index (χ4n) is 2.77. The summed E-state index contributed by atoms with van der Waals surface area (Å²) in [4.78, 5) is 6.84. The number of hydrogen-bond acceptors (Lipinski definition) is 4. The molecular formula is C19H22ClN3O2. The van der Waals surface area contributed by atoms with E-state index >= 15 is 0 Å². The van der Waals surface area contributed by atoms with Crippen LogP contribution >= 0.6 is 11.6 Å². The van der Waals surface area contributed by atoms with Crippen LogP contribution in [0.25, 0.3) is 11.0 Å². The lowest BCUT2D eigenvalue weighted by molar-refractivity contribution is 0.225. The largest absolute Gasteiger partial charge is 0.492 e. The van der Waals surface area contributed by atoms with E-state index in [0.29, 0.717) is 24.7 Å². The zero-order valence-corrected chi connectivity index (χ0v) is 15.0. The molecule has 0 fully saturated rings. The minimum atomic E-state index is 0.0613. The molecule has 1 aromatic heterocycles. The third-order valence-electron chi connectivity index (χ3n) is 4.01. The van der Waals surface area contributed by atoms with Gasteiger partial charge in [0.25, 0.3) is 0 Å². The van der Waals surface area contributed by atoms with Gasteiger partial charge in [-0.05, 0) is 37.4 Å². The first kappa shape index (κ1) is 17.7. The lowest BCUT2D eigenvalue weighted by Gasteiger charge is -2.17. The molecule has 2 aromatic carbocycles. The molecule has 25 heavy (non-hydrogen) atoms. The molecule has 0 unspecified atom stereocenters. The molecule has 5 nitrogen and oxygen atoms in total. The van der Waals surface area contributed by atoms with Crippen molar-refractivity contribution in [3.05, 3.63) is 59.4 Å². The van der Waals surface area contributed by atoms with E-state index < -0.39 is 0 Å². The number of para-hydroxylation sites is 1. The molecule has 0 bridgehead atoms. The van der Waals surface area contributed by atoms with Crippen LogP contribution < -0.4 is 4.74 Å². The van der Waals surface area contributed by atoms with Gasteiger partial charge in [-0.1, -0.05) is 29.8 Å². The number of rotatable bonds is 8. The predicted octanol–water partition coefficient (Wildman–Crippen LogP) is 3.19. The summed E-state index contributed by atoms with van der Waals surface area (Å²) in [5.41, 5.74) is 1.84. The fraction of sp³-hybridized carbons (Fsp3) is 0.316. The Bertz CT molecular complexity index is 820. The first-order valence-corrected chi connectivity index (χ1v) is 8.67. The van der Waals surface area contributed by atoms with E-state index in [1.165, 1.54) is 0 Å². The van der Waals surface area contributed by atoms with Crippen LogP contribution in [-0.2, 0) is 13.1 Å². The minimum absolute atomic E-state index is 0.0613. The van der Waals surface area contributed by atoms with E-state index in [0.717, 1.165) is 29.2 Å². The van der Waals surface area contributed by atoms with Gasteiger partial charge in [0, 0.05) is 18.1 Å². The van der Waals surface area contributed by atoms with Gasteiger partial charge >= 0.3 is 0 Å². The maximum atomic E-state index is 9.38. The van der Waals surface area contributed by atoms with Gasteiger partial charge in [-0.2, -0.15) is 0 Å². The molecule has 3 aromatic rings. The Labute approximate surface area is 152 Å². The molecule has 132 valence electrons. The number of benzene rings is 2. The second kappa shape index (κ2) is 8.34. The number of aliphatic hydroxyl groups excluding tert-OH is 1. The zero-order chi connectivity index (χ0) is 17.6. The predicted molar refractivity (Wildman–Crippen MR) is 100 cm³/mol. The normalized spacial score (nSPS) is 11.4. The Balaban J connectivity index is 1.66. The monoisotopic (exact) mass is 359 g/mol. The van der Waals surface area contributed by atoms with Crippen LogP contribution in [0.15, 0.2) is 48.5 Å². The third kappa shape index (κ3) is 4.51. The summed E-state index contributed by atoms with van der Waals surface area (Å²) in [6.07, 6.45) is 0. The molecule has 6 heteroatoms. The molecule has 1 heterocycles. The van der Waals surface area contributed by atoms with Crippen molar-refractivity contribution in [1.82, 2.24) is 14.5 Å². The van der Waals surface area contributed by atoms with Crippen LogP contribution in [0.1, 0.15) is 5.82 Å². The standard InChI is InChI=1S/C19H22ClN3O2/c1-22(10-12-25-16-5-3-2-4-6-16)14-19-21-17-8-7-15(20)13-18(17)23(19)9-11-24/h2-8,13,24H,9-12,14H2,1H3. The number of ether oxygens (including phenoxy) is 1. The average Bonchev–Trinajstić information content (AvgIpc) is 2.93. The number of fused-ring (bicyclic) bond motifs is 1. The second-order valence-corrected chi connectivity index (χ2v) is 6.37. The highest BCUT2D eigenvalue weighted by Gasteiger charge is 2.13. The maximum Gasteiger partial charge on any atom is 0.124 e. The Hall–Kier alpha value is -2.08. The van der Waals surface area contributed by atoms with Crippen molar-refractivity contribution in [2.75, 3.05) is 26.8 Å². The van der Waals surface area contributed by atoms with E-state index in [1.807, 2.05) is 60.1 Å². The lowest BCUT2D eigenvalue weighted by atomic mass is 10.3. The molecule has 0 saturated heterocycles. The van der Waals surface area contributed by atoms with Gasteiger partial charge < -0.3 is 14.4 Å². The van der Waals surface area contributed by atoms with Crippen LogP contribution in [0.2, 0.25) is 5.02 Å². The van der Waals surface area contributed by atoms with Crippen LogP contribution in [0, 0.1) is 0 Å². The Morgan fingerprint density at radius 2 is 2.00 bits per heavy atom. The number of aliphatic hydroxyl groups is 1. The van der Waals surface area contributed by atoms with Crippen molar-refractivity contribution >= 4 is 22.6 Å². The van der Waals surface area contributed by atoms with Crippen molar-refractivity contribution in [2.45, 2.75) is 13.1 Å². The van der Waals surface area contributed by atoms with Gasteiger partial charge in [0.05, 0.1) is 24.2 Å². The summed E-state index contributed by atoms with van der Waals surface area (Å²) in [7, 11) is 2.03. The van der Waals surface area contributed by atoms with Gasteiger partial charge in [0.1, 0.15) is 18.2 Å². The lowest BCUT2D eigenvalue weighted by Crippen LogP contribution is -2.25. The number of hydrogen-bond donors (Lipinski definition) is 1. The molecule has 0 aliphatic rings. The van der Waals surface area contributed by atoms with Crippen molar-refractivity contribution in [1.29, 1.82) is 0 Å². The van der Waals surface area contributed by atoms with Crippen LogP contribution in [0.3, 0.4) is 0 Å². The smallest absolute Gasteiger partial charge is 0.124 e. The molecule has 3 rings (SSSR count). The topological polar surface area (TPSA) is 50.5 Å². The van der Waals surface area contributed by atoms with Crippen LogP contribution in [0.5, 0.6) is 5.75 Å². The van der Waals surface area contributed by atoms with Crippen molar-refractivity contribution in [3.8, 4) is 5.75 Å². The van der Waals surface area contributed by atoms with E-state index in [9.17, 15) is 5.11 Å². The van der Waals surface area contributed by atoms with Crippen LogP contribution in [-0.4, -0.2) is 46.4 Å². The van der Waals surface area contributed by atoms with Gasteiger partial charge in [-0.15, -0.1) is 0 Å². The number of likely N-dealkylation sites (N-methyl/N-ethyl adjacent to an activating group) is 1. The van der Waals surface area contributed by atoms with Crippen LogP contribution in [0.4, 0.5) is 0 Å². The summed E-state index contributed by atoms with van der Waals surface area (Å²) >= 11 is 6.10. The number of aromatic nitrogens is 2. The molecule has 0 radical (unpaired) electrons. The van der Waals surface area contributed by atoms with Crippen molar-refractivity contribution < 1.29 is 9.84 Å². The summed E-state index contributed by atoms with van der Waals surface area (Å²) in [6, 6.07) is 15.4. The highest BCUT2D eigenvalue weighted by atomic mass is 35.5. The highest BCUT2D eigenvalue weighted by molar-refractivity contribution is 6.31. The van der Waals surface area contributed by atoms with E-state index in [1.54, 1.807) is 0 Å². The van der Waals surface area contributed by atoms with Crippen molar-refractivity contribution in [2.24, 2.45) is 0 Å². The molecule has 0 amide bonds. The zero-order valence-electron chi connectivity index (χ0n) is 14.2. The van der Waals surface area contributed by atoms with Gasteiger partial charge in [-0.3, -0.25) is 4.90 Å². The first-order chi connectivity index (χ1) is 12.2. The molecule has 0 aliphatic heterocycles. The number of nitrogens with zero attached hydrogens (tertiary/aromatic N) is 3. The number of imidazole rings is 1. The maximum absolute atomic E-state index is 9.38. The fourth-order valence-corrected chi connectivity index (χ4v) is 2.94. The number of halogens is 1. The molecular weight excluding hydrogens is 338 g/mol. The average molecular weight is 360 g/mol. The Morgan fingerprint density at radius 1 is 1.20 bits per heavy atom. The third-order valence-corrected chi connectivity index (χ3v) is 4.24. The second-order valence-electron chi connectivity index (χ2n) is 5.94. The summed E-state index contributed by atoms with van der Waals surface area (Å²) in [5.74, 6) is 1.78. The van der Waals surface area contributed by atoms with E-state index in [4.69, 9.17) is 16.3 Å². The van der Waals surface area contributed by atoms with Crippen molar-refractivity contribution in [3.63, 3.8) is 0 Å².